The number of unbranched alkanes of at least 4 members (excludes halogenated alkanes) is 1. The molecule has 3 aliphatic carbocycles. The van der Waals surface area contributed by atoms with E-state index in [1.165, 1.54) is 6.07 Å². The molecule has 0 radical (unpaired) electrons. The van der Waals surface area contributed by atoms with Gasteiger partial charge in [0.15, 0.2) is 11.6 Å². The van der Waals surface area contributed by atoms with Crippen LogP contribution in [0.15, 0.2) is 18.2 Å². The van der Waals surface area contributed by atoms with Crippen molar-refractivity contribution in [3.8, 4) is 11.5 Å². The van der Waals surface area contributed by atoms with E-state index >= 15 is 17.6 Å². The van der Waals surface area contributed by atoms with Crippen LogP contribution in [0.3, 0.4) is 0 Å². The summed E-state index contributed by atoms with van der Waals surface area (Å²) in [6.07, 6.45) is -15.0. The summed E-state index contributed by atoms with van der Waals surface area (Å²) < 4.78 is 201. The first-order valence-corrected chi connectivity index (χ1v) is 23.2. The summed E-state index contributed by atoms with van der Waals surface area (Å²) in [5, 5.41) is 0. The van der Waals surface area contributed by atoms with Gasteiger partial charge in [0.1, 0.15) is 5.75 Å². The lowest BCUT2D eigenvalue weighted by Crippen LogP contribution is -2.67. The number of rotatable bonds is 21. The second-order valence-corrected chi connectivity index (χ2v) is 19.2. The van der Waals surface area contributed by atoms with Gasteiger partial charge < -0.3 is 23.8 Å². The maximum Gasteiger partial charge on any atom is 0.435 e. The zero-order valence-electron chi connectivity index (χ0n) is 34.6. The third-order valence-corrected chi connectivity index (χ3v) is 15.0. The second-order valence-electron chi connectivity index (χ2n) is 16.5. The normalized spacial score (nSPS) is 23.1. The van der Waals surface area contributed by atoms with Crippen LogP contribution in [-0.4, -0.2) is 86.7 Å². The topological polar surface area (TPSA) is 40.2 Å². The van der Waals surface area contributed by atoms with E-state index < -0.39 is 89.9 Å². The third-order valence-electron chi connectivity index (χ3n) is 12.5. The van der Waals surface area contributed by atoms with Gasteiger partial charge in [-0.25, -0.2) is 8.78 Å². The Balaban J connectivity index is 1.14. The molecule has 5 unspecified atom stereocenters. The fourth-order valence-electron chi connectivity index (χ4n) is 9.39. The van der Waals surface area contributed by atoms with Gasteiger partial charge in [0.25, 0.3) is 0 Å². The van der Waals surface area contributed by atoms with E-state index in [1.807, 2.05) is 6.92 Å². The fourth-order valence-corrected chi connectivity index (χ4v) is 11.3. The predicted molar refractivity (Wildman–Crippen MR) is 210 cm³/mol. The molecule has 0 amide bonds. The Morgan fingerprint density at radius 3 is 2.06 bits per heavy atom. The van der Waals surface area contributed by atoms with Crippen LogP contribution >= 0.6 is 21.6 Å². The number of aryl methyl sites for hydroxylation is 1. The standard InChI is InChI=1S/C42H52F13NO4S2/c1-4-5-17-57-20-22-62-61-21-6-16-56(3)24-30-33(43)35(45)37(36(46)34(30)44)60-26-9-11-27-25(23-26)8-10-29-28(27)14-15-38(2)31(29)12-13-32(38)58-18-7-19-59-39(40(47,48)49,41(50,51)52)42(53,54)55/h9,11,23,28-29,31-32H,4-8,10,12-22,24H2,1-3H3. The first-order valence-electron chi connectivity index (χ1n) is 20.7. The molecule has 2 aromatic carbocycles. The van der Waals surface area contributed by atoms with Crippen molar-refractivity contribution in [1.29, 1.82) is 0 Å². The SMILES string of the molecule is CCCCOCCSSCCCN(C)Cc1c(F)c(F)c(Oc2ccc3c(c2)CCC2C3CCC3(C)C(OCCCOC(C(F)(F)F)(C(F)(F)F)C(F)(F)F)CCC23)c(F)c1F. The molecular weight excluding hydrogens is 894 g/mol. The molecule has 0 aliphatic heterocycles. The minimum atomic E-state index is -6.80. The molecule has 0 saturated heterocycles. The summed E-state index contributed by atoms with van der Waals surface area (Å²) in [7, 11) is 4.92. The first kappa shape index (κ1) is 50.9. The van der Waals surface area contributed by atoms with E-state index in [-0.39, 0.29) is 30.0 Å². The Bertz CT molecular complexity index is 1730. The molecule has 62 heavy (non-hydrogen) atoms. The average Bonchev–Trinajstić information content (AvgIpc) is 3.53. The number of fused-ring (bicyclic) bond motifs is 5. The highest BCUT2D eigenvalue weighted by molar-refractivity contribution is 8.76. The lowest BCUT2D eigenvalue weighted by Gasteiger charge is -2.50. The lowest BCUT2D eigenvalue weighted by atomic mass is 9.55. The molecule has 3 aliphatic rings. The van der Waals surface area contributed by atoms with Crippen LogP contribution in [0.4, 0.5) is 57.1 Å². The largest absolute Gasteiger partial charge is 0.451 e. The molecule has 2 fully saturated rings. The number of hydrogen-bond donors (Lipinski definition) is 0. The highest BCUT2D eigenvalue weighted by Gasteiger charge is 2.85. The smallest absolute Gasteiger partial charge is 0.435 e. The molecule has 2 aromatic rings. The number of nitrogens with zero attached hydrogens (tertiary/aromatic N) is 1. The van der Waals surface area contributed by atoms with Gasteiger partial charge in [0, 0.05) is 36.8 Å². The predicted octanol–water partition coefficient (Wildman–Crippen LogP) is 13.1. The Morgan fingerprint density at radius 1 is 0.758 bits per heavy atom. The minimum Gasteiger partial charge on any atom is -0.451 e. The summed E-state index contributed by atoms with van der Waals surface area (Å²) in [5.41, 5.74) is -5.68. The summed E-state index contributed by atoms with van der Waals surface area (Å²) in [6, 6.07) is 4.84. The van der Waals surface area contributed by atoms with Gasteiger partial charge >= 0.3 is 24.1 Å². The Hall–Kier alpha value is -2.13. The Kier molecular flexibility index (Phi) is 17.2. The number of alkyl halides is 9. The van der Waals surface area contributed by atoms with E-state index in [0.717, 1.165) is 42.1 Å². The zero-order valence-corrected chi connectivity index (χ0v) is 36.2. The summed E-state index contributed by atoms with van der Waals surface area (Å²) in [5.74, 6) is -5.65. The van der Waals surface area contributed by atoms with E-state index in [2.05, 4.69) is 11.7 Å². The van der Waals surface area contributed by atoms with Crippen LogP contribution in [0, 0.1) is 40.5 Å². The van der Waals surface area contributed by atoms with Crippen LogP contribution in [0.25, 0.3) is 0 Å². The van der Waals surface area contributed by atoms with Gasteiger partial charge in [-0.15, -0.1) is 0 Å². The van der Waals surface area contributed by atoms with E-state index in [4.69, 9.17) is 14.2 Å². The van der Waals surface area contributed by atoms with Crippen LogP contribution in [0.1, 0.15) is 94.2 Å². The molecule has 5 atom stereocenters. The maximum atomic E-state index is 15.3. The molecule has 0 aromatic heterocycles. The van der Waals surface area contributed by atoms with Crippen molar-refractivity contribution in [3.63, 3.8) is 0 Å². The van der Waals surface area contributed by atoms with Crippen molar-refractivity contribution in [2.45, 2.75) is 121 Å². The molecule has 5 nitrogen and oxygen atoms in total. The van der Waals surface area contributed by atoms with Crippen molar-refractivity contribution in [2.24, 2.45) is 17.3 Å². The van der Waals surface area contributed by atoms with Crippen molar-refractivity contribution in [1.82, 2.24) is 4.90 Å². The maximum absolute atomic E-state index is 15.3. The Morgan fingerprint density at radius 2 is 1.42 bits per heavy atom. The molecule has 0 heterocycles. The van der Waals surface area contributed by atoms with Crippen molar-refractivity contribution < 1.29 is 76.0 Å². The van der Waals surface area contributed by atoms with Crippen molar-refractivity contribution >= 4 is 21.6 Å². The quantitative estimate of drug-likeness (QED) is 0.0534. The molecule has 0 spiro atoms. The lowest BCUT2D eigenvalue weighted by molar-refractivity contribution is -0.457. The van der Waals surface area contributed by atoms with Crippen LogP contribution < -0.4 is 4.74 Å². The van der Waals surface area contributed by atoms with Crippen LogP contribution in [0.5, 0.6) is 11.5 Å². The second kappa shape index (κ2) is 21.0. The molecular formula is C42H52F13NO4S2. The van der Waals surface area contributed by atoms with Gasteiger partial charge in [-0.2, -0.15) is 48.3 Å². The molecule has 0 N–H and O–H groups in total. The summed E-state index contributed by atoms with van der Waals surface area (Å²) >= 11 is 0. The van der Waals surface area contributed by atoms with Crippen LogP contribution in [-0.2, 0) is 27.2 Å². The highest BCUT2D eigenvalue weighted by atomic mass is 33.1. The molecule has 20 heteroatoms. The van der Waals surface area contributed by atoms with Crippen molar-refractivity contribution in [3.05, 3.63) is 58.2 Å². The number of hydrogen-bond acceptors (Lipinski definition) is 7. The number of ether oxygens (including phenoxy) is 4. The number of benzene rings is 2. The molecule has 352 valence electrons. The number of halogens is 13. The van der Waals surface area contributed by atoms with Gasteiger partial charge in [0.05, 0.1) is 19.3 Å². The molecule has 2 saturated carbocycles. The van der Waals surface area contributed by atoms with E-state index in [1.54, 1.807) is 45.7 Å². The molecule has 5 rings (SSSR count). The highest BCUT2D eigenvalue weighted by Crippen LogP contribution is 2.62. The summed E-state index contributed by atoms with van der Waals surface area (Å²) in [6.45, 7) is 3.64. The molecule has 0 bridgehead atoms. The first-order chi connectivity index (χ1) is 29.1. The van der Waals surface area contributed by atoms with E-state index in [0.29, 0.717) is 58.1 Å². The van der Waals surface area contributed by atoms with Crippen LogP contribution in [0.2, 0.25) is 0 Å². The monoisotopic (exact) mass is 945 g/mol. The minimum absolute atomic E-state index is 0.0107. The fraction of sp³-hybridized carbons (Fsp3) is 0.714. The Labute approximate surface area is 360 Å². The van der Waals surface area contributed by atoms with Crippen molar-refractivity contribution in [2.75, 3.05) is 51.5 Å². The van der Waals surface area contributed by atoms with Gasteiger partial charge in [0.2, 0.25) is 17.4 Å². The van der Waals surface area contributed by atoms with E-state index in [9.17, 15) is 39.5 Å². The van der Waals surface area contributed by atoms with Gasteiger partial charge in [-0.1, -0.05) is 47.9 Å². The zero-order chi connectivity index (χ0) is 45.7. The van der Waals surface area contributed by atoms with Gasteiger partial charge in [-0.05, 0) is 118 Å². The third kappa shape index (κ3) is 10.9. The average molecular weight is 946 g/mol. The van der Waals surface area contributed by atoms with Gasteiger partial charge in [-0.3, -0.25) is 0 Å². The summed E-state index contributed by atoms with van der Waals surface area (Å²) in [4.78, 5) is 1.59.